The number of thioether (sulfide) groups is 1. The molecule has 0 unspecified atom stereocenters. The summed E-state index contributed by atoms with van der Waals surface area (Å²) in [5.41, 5.74) is 0.600. The number of thiophene rings is 1. The number of carbonyl (C=O) groups is 2. The smallest absolute Gasteiger partial charge is 0.346 e. The summed E-state index contributed by atoms with van der Waals surface area (Å²) in [6, 6.07) is 1.82. The van der Waals surface area contributed by atoms with Gasteiger partial charge in [0.1, 0.15) is 27.6 Å². The molecule has 0 aliphatic rings. The van der Waals surface area contributed by atoms with Crippen LogP contribution in [0.3, 0.4) is 0 Å². The van der Waals surface area contributed by atoms with Gasteiger partial charge in [0.15, 0.2) is 0 Å². The van der Waals surface area contributed by atoms with Crippen LogP contribution in [0, 0.1) is 18.3 Å². The Bertz CT molecular complexity index is 751. The predicted molar refractivity (Wildman–Crippen MR) is 78.5 cm³/mol. The minimum atomic E-state index is -1.00. The molecule has 108 valence electrons. The number of aromatic carboxylic acids is 1. The molecule has 2 heterocycles. The van der Waals surface area contributed by atoms with E-state index in [1.165, 1.54) is 18.1 Å². The zero-order valence-electron chi connectivity index (χ0n) is 10.9. The van der Waals surface area contributed by atoms with Gasteiger partial charge in [-0.05, 0) is 12.5 Å². The number of nitrogens with one attached hydrogen (secondary N) is 1. The van der Waals surface area contributed by atoms with Gasteiger partial charge in [-0.25, -0.2) is 14.8 Å². The molecule has 0 aliphatic heterocycles. The van der Waals surface area contributed by atoms with Crippen LogP contribution in [0.5, 0.6) is 0 Å². The number of hydrogen-bond donors (Lipinski definition) is 2. The van der Waals surface area contributed by atoms with Crippen molar-refractivity contribution in [1.29, 1.82) is 5.26 Å². The molecular weight excluding hydrogens is 312 g/mol. The second-order valence-corrected chi connectivity index (χ2v) is 5.91. The molecule has 0 saturated heterocycles. The Morgan fingerprint density at radius 2 is 2.29 bits per heavy atom. The summed E-state index contributed by atoms with van der Waals surface area (Å²) in [6.45, 7) is 1.66. The average molecular weight is 322 g/mol. The second kappa shape index (κ2) is 6.51. The number of amides is 1. The highest BCUT2D eigenvalue weighted by Gasteiger charge is 2.19. The van der Waals surface area contributed by atoms with Crippen molar-refractivity contribution in [1.82, 2.24) is 15.3 Å². The Hall–Kier alpha value is -2.18. The first-order chi connectivity index (χ1) is 10.0. The maximum atomic E-state index is 11.5. The molecule has 2 aromatic rings. The lowest BCUT2D eigenvalue weighted by molar-refractivity contribution is -0.118. The third-order valence-corrected chi connectivity index (χ3v) is 4.77. The molecule has 0 aromatic carbocycles. The number of aryl methyl sites for hydroxylation is 1. The number of nitrogens with zero attached hydrogens (tertiary/aromatic N) is 3. The highest BCUT2D eigenvalue weighted by Crippen LogP contribution is 2.34. The van der Waals surface area contributed by atoms with E-state index in [9.17, 15) is 9.59 Å². The number of rotatable bonds is 5. The molecule has 7 nitrogen and oxygen atoms in total. The molecule has 0 saturated carbocycles. The number of carboxylic acid groups (broad SMARTS) is 1. The maximum Gasteiger partial charge on any atom is 0.346 e. The second-order valence-electron chi connectivity index (χ2n) is 3.94. The van der Waals surface area contributed by atoms with Crippen molar-refractivity contribution in [2.75, 3.05) is 12.3 Å². The standard InChI is InChI=1S/C12H10N4O3S2/c1-6-8-10(20-4-7(17)14-3-2-13)15-5-16-11(8)21-9(6)12(18)19/h5H,3-4H2,1H3,(H,14,17)(H,18,19). The fourth-order valence-corrected chi connectivity index (χ4v) is 3.61. The number of fused-ring (bicyclic) bond motifs is 1. The van der Waals surface area contributed by atoms with E-state index >= 15 is 0 Å². The summed E-state index contributed by atoms with van der Waals surface area (Å²) in [4.78, 5) is 31.6. The van der Waals surface area contributed by atoms with E-state index in [0.717, 1.165) is 11.3 Å². The zero-order valence-corrected chi connectivity index (χ0v) is 12.5. The molecule has 0 spiro atoms. The van der Waals surface area contributed by atoms with Crippen molar-refractivity contribution >= 4 is 45.2 Å². The van der Waals surface area contributed by atoms with E-state index in [4.69, 9.17) is 10.4 Å². The first-order valence-electron chi connectivity index (χ1n) is 5.78. The SMILES string of the molecule is Cc1c(C(=O)O)sc2ncnc(SCC(=O)NCC#N)c12. The van der Waals surface area contributed by atoms with Crippen LogP contribution >= 0.6 is 23.1 Å². The van der Waals surface area contributed by atoms with Gasteiger partial charge < -0.3 is 10.4 Å². The van der Waals surface area contributed by atoms with E-state index < -0.39 is 5.97 Å². The minimum absolute atomic E-state index is 0.0424. The Kier molecular flexibility index (Phi) is 4.72. The number of carboxylic acids is 1. The van der Waals surface area contributed by atoms with Gasteiger partial charge >= 0.3 is 5.97 Å². The molecule has 9 heteroatoms. The Morgan fingerprint density at radius 1 is 1.52 bits per heavy atom. The quantitative estimate of drug-likeness (QED) is 0.486. The molecular formula is C12H10N4O3S2. The topological polar surface area (TPSA) is 116 Å². The van der Waals surface area contributed by atoms with Crippen LogP contribution in [0.1, 0.15) is 15.2 Å². The fourth-order valence-electron chi connectivity index (χ4n) is 1.68. The van der Waals surface area contributed by atoms with E-state index in [0.29, 0.717) is 20.8 Å². The summed E-state index contributed by atoms with van der Waals surface area (Å²) in [5.74, 6) is -1.18. The van der Waals surface area contributed by atoms with Gasteiger partial charge in [-0.1, -0.05) is 11.8 Å². The first kappa shape index (κ1) is 15.2. The average Bonchev–Trinajstić information content (AvgIpc) is 2.81. The molecule has 0 bridgehead atoms. The van der Waals surface area contributed by atoms with Crippen molar-refractivity contribution < 1.29 is 14.7 Å². The lowest BCUT2D eigenvalue weighted by Gasteiger charge is -2.03. The highest BCUT2D eigenvalue weighted by atomic mass is 32.2. The zero-order chi connectivity index (χ0) is 15.4. The van der Waals surface area contributed by atoms with Crippen molar-refractivity contribution in [3.8, 4) is 6.07 Å². The molecule has 21 heavy (non-hydrogen) atoms. The van der Waals surface area contributed by atoms with Crippen LogP contribution in [0.4, 0.5) is 0 Å². The molecule has 2 N–H and O–H groups in total. The summed E-state index contributed by atoms with van der Waals surface area (Å²) in [7, 11) is 0. The summed E-state index contributed by atoms with van der Waals surface area (Å²) in [6.07, 6.45) is 1.35. The Labute approximate surface area is 128 Å². The molecule has 0 aliphatic carbocycles. The fraction of sp³-hybridized carbons (Fsp3) is 0.250. The normalized spacial score (nSPS) is 10.3. The largest absolute Gasteiger partial charge is 0.477 e. The van der Waals surface area contributed by atoms with Crippen molar-refractivity contribution in [3.05, 3.63) is 16.8 Å². The third kappa shape index (κ3) is 3.29. The predicted octanol–water partition coefficient (Wildman–Crippen LogP) is 1.43. The van der Waals surface area contributed by atoms with Crippen LogP contribution in [0.15, 0.2) is 11.4 Å². The number of carbonyl (C=O) groups excluding carboxylic acids is 1. The Morgan fingerprint density at radius 3 is 2.95 bits per heavy atom. The lowest BCUT2D eigenvalue weighted by atomic mass is 10.2. The highest BCUT2D eigenvalue weighted by molar-refractivity contribution is 8.00. The molecule has 2 rings (SSSR count). The first-order valence-corrected chi connectivity index (χ1v) is 7.58. The van der Waals surface area contributed by atoms with Crippen LogP contribution in [0.2, 0.25) is 0 Å². The lowest BCUT2D eigenvalue weighted by Crippen LogP contribution is -2.25. The number of hydrogen-bond acceptors (Lipinski definition) is 7. The van der Waals surface area contributed by atoms with Gasteiger partial charge in [0, 0.05) is 5.39 Å². The molecule has 0 radical (unpaired) electrons. The summed E-state index contributed by atoms with van der Waals surface area (Å²) < 4.78 is 0. The van der Waals surface area contributed by atoms with Gasteiger partial charge in [0.2, 0.25) is 5.91 Å². The van der Waals surface area contributed by atoms with E-state index in [1.807, 2.05) is 6.07 Å². The minimum Gasteiger partial charge on any atom is -0.477 e. The van der Waals surface area contributed by atoms with Gasteiger partial charge in [-0.2, -0.15) is 5.26 Å². The third-order valence-electron chi connectivity index (χ3n) is 2.59. The van der Waals surface area contributed by atoms with E-state index in [1.54, 1.807) is 6.92 Å². The molecule has 0 atom stereocenters. The number of aromatic nitrogens is 2. The van der Waals surface area contributed by atoms with Crippen molar-refractivity contribution in [3.63, 3.8) is 0 Å². The maximum absolute atomic E-state index is 11.5. The van der Waals surface area contributed by atoms with Crippen LogP contribution in [-0.2, 0) is 4.79 Å². The number of nitriles is 1. The molecule has 1 amide bonds. The summed E-state index contributed by atoms with van der Waals surface area (Å²) in [5, 5.41) is 21.2. The van der Waals surface area contributed by atoms with Crippen LogP contribution in [-0.4, -0.2) is 39.2 Å². The van der Waals surface area contributed by atoms with Crippen molar-refractivity contribution in [2.45, 2.75) is 11.9 Å². The summed E-state index contributed by atoms with van der Waals surface area (Å²) >= 11 is 2.28. The van der Waals surface area contributed by atoms with E-state index in [-0.39, 0.29) is 23.1 Å². The molecule has 2 aromatic heterocycles. The monoisotopic (exact) mass is 322 g/mol. The van der Waals surface area contributed by atoms with Crippen LogP contribution < -0.4 is 5.32 Å². The van der Waals surface area contributed by atoms with Gasteiger partial charge in [0.25, 0.3) is 0 Å². The van der Waals surface area contributed by atoms with Gasteiger partial charge in [-0.15, -0.1) is 11.3 Å². The van der Waals surface area contributed by atoms with Gasteiger partial charge in [-0.3, -0.25) is 4.79 Å². The molecule has 0 fully saturated rings. The Balaban J connectivity index is 2.26. The van der Waals surface area contributed by atoms with Crippen LogP contribution in [0.25, 0.3) is 10.2 Å². The van der Waals surface area contributed by atoms with Crippen molar-refractivity contribution in [2.24, 2.45) is 0 Å². The van der Waals surface area contributed by atoms with E-state index in [2.05, 4.69) is 15.3 Å². The van der Waals surface area contributed by atoms with Gasteiger partial charge in [0.05, 0.1) is 11.8 Å².